The zero-order valence-electron chi connectivity index (χ0n) is 13.9. The average molecular weight is 326 g/mol. The minimum absolute atomic E-state index is 0.299. The molecule has 0 atom stereocenters. The number of hydrogen-bond donors (Lipinski definition) is 2. The summed E-state index contributed by atoms with van der Waals surface area (Å²) in [5, 5.41) is 5.72. The van der Waals surface area contributed by atoms with Crippen molar-refractivity contribution in [2.24, 2.45) is 0 Å². The molecule has 0 heterocycles. The number of anilines is 1. The van der Waals surface area contributed by atoms with Crippen molar-refractivity contribution in [3.05, 3.63) is 48.2 Å². The summed E-state index contributed by atoms with van der Waals surface area (Å²) >= 11 is 0. The van der Waals surface area contributed by atoms with Gasteiger partial charge in [-0.05, 0) is 31.4 Å². The molecule has 2 rings (SSSR count). The van der Waals surface area contributed by atoms with E-state index >= 15 is 0 Å². The van der Waals surface area contributed by atoms with Gasteiger partial charge in [-0.1, -0.05) is 36.6 Å². The van der Waals surface area contributed by atoms with Crippen LogP contribution in [0.25, 0.3) is 0 Å². The second-order valence-electron chi connectivity index (χ2n) is 5.22. The van der Waals surface area contributed by atoms with Crippen LogP contribution in [0.4, 0.5) is 10.5 Å². The second-order valence-corrected chi connectivity index (χ2v) is 5.22. The van der Waals surface area contributed by atoms with Crippen molar-refractivity contribution in [1.82, 2.24) is 5.32 Å². The standard InChI is InChI=1S/C19H22N2O3/c1-3-13-24-18-12-5-4-10-17(18)21-19(22)20-16-11-6-8-15(16)9-7-14-23-2/h3-5,10,12H,1,6,8,11,13-14H2,2H3,(H2,20,21,22). The molecule has 0 fully saturated rings. The van der Waals surface area contributed by atoms with Crippen LogP contribution in [0.5, 0.6) is 5.75 Å². The fourth-order valence-corrected chi connectivity index (χ4v) is 2.37. The molecule has 0 bridgehead atoms. The molecule has 0 spiro atoms. The van der Waals surface area contributed by atoms with Crippen molar-refractivity contribution in [1.29, 1.82) is 0 Å². The van der Waals surface area contributed by atoms with Crippen LogP contribution in [0.1, 0.15) is 19.3 Å². The second kappa shape index (κ2) is 9.43. The molecule has 5 heteroatoms. The van der Waals surface area contributed by atoms with E-state index in [9.17, 15) is 4.79 Å². The van der Waals surface area contributed by atoms with E-state index in [1.54, 1.807) is 25.3 Å². The molecule has 24 heavy (non-hydrogen) atoms. The van der Waals surface area contributed by atoms with Crippen LogP contribution >= 0.6 is 0 Å². The predicted molar refractivity (Wildman–Crippen MR) is 94.8 cm³/mol. The lowest BCUT2D eigenvalue weighted by atomic mass is 10.2. The number of hydrogen-bond acceptors (Lipinski definition) is 3. The number of carbonyl (C=O) groups is 1. The van der Waals surface area contributed by atoms with Crippen molar-refractivity contribution in [2.45, 2.75) is 19.3 Å². The van der Waals surface area contributed by atoms with Gasteiger partial charge in [0.25, 0.3) is 0 Å². The van der Waals surface area contributed by atoms with Crippen molar-refractivity contribution in [2.75, 3.05) is 25.6 Å². The Kier molecular flexibility index (Phi) is 6.93. The first-order valence-corrected chi connectivity index (χ1v) is 7.85. The lowest BCUT2D eigenvalue weighted by Gasteiger charge is -2.13. The molecule has 2 amide bonds. The van der Waals surface area contributed by atoms with Crippen LogP contribution in [0, 0.1) is 11.8 Å². The molecule has 0 radical (unpaired) electrons. The van der Waals surface area contributed by atoms with Gasteiger partial charge in [0, 0.05) is 18.4 Å². The maximum Gasteiger partial charge on any atom is 0.323 e. The molecule has 1 aromatic carbocycles. The molecule has 126 valence electrons. The van der Waals surface area contributed by atoms with Gasteiger partial charge in [-0.25, -0.2) is 4.79 Å². The largest absolute Gasteiger partial charge is 0.487 e. The fourth-order valence-electron chi connectivity index (χ4n) is 2.37. The molecule has 0 saturated heterocycles. The van der Waals surface area contributed by atoms with Gasteiger partial charge in [0.1, 0.15) is 19.0 Å². The van der Waals surface area contributed by atoms with Gasteiger partial charge in [0.15, 0.2) is 0 Å². The minimum Gasteiger partial charge on any atom is -0.487 e. The summed E-state index contributed by atoms with van der Waals surface area (Å²) < 4.78 is 10.5. The number of ether oxygens (including phenoxy) is 2. The lowest BCUT2D eigenvalue weighted by molar-refractivity contribution is 0.240. The zero-order valence-corrected chi connectivity index (χ0v) is 13.9. The van der Waals surface area contributed by atoms with Gasteiger partial charge in [0.05, 0.1) is 5.69 Å². The molecule has 0 unspecified atom stereocenters. The zero-order chi connectivity index (χ0) is 17.2. The van der Waals surface area contributed by atoms with Crippen LogP contribution in [0.2, 0.25) is 0 Å². The molecule has 0 aromatic heterocycles. The lowest BCUT2D eigenvalue weighted by Crippen LogP contribution is -2.28. The smallest absolute Gasteiger partial charge is 0.323 e. The monoisotopic (exact) mass is 326 g/mol. The Bertz CT molecular complexity index is 683. The summed E-state index contributed by atoms with van der Waals surface area (Å²) in [7, 11) is 1.61. The number of benzene rings is 1. The van der Waals surface area contributed by atoms with E-state index in [-0.39, 0.29) is 6.03 Å². The highest BCUT2D eigenvalue weighted by atomic mass is 16.5. The fraction of sp³-hybridized carbons (Fsp3) is 0.316. The molecule has 1 aliphatic carbocycles. The van der Waals surface area contributed by atoms with Crippen LogP contribution in [-0.4, -0.2) is 26.4 Å². The van der Waals surface area contributed by atoms with E-state index in [0.29, 0.717) is 24.7 Å². The first kappa shape index (κ1) is 17.6. The maximum absolute atomic E-state index is 12.3. The van der Waals surface area contributed by atoms with Crippen molar-refractivity contribution in [3.63, 3.8) is 0 Å². The number of amides is 2. The topological polar surface area (TPSA) is 59.6 Å². The van der Waals surface area contributed by atoms with E-state index in [2.05, 4.69) is 29.1 Å². The quantitative estimate of drug-likeness (QED) is 0.622. The maximum atomic E-state index is 12.3. The summed E-state index contributed by atoms with van der Waals surface area (Å²) in [6.45, 7) is 4.39. The molecular weight excluding hydrogens is 304 g/mol. The first-order valence-electron chi connectivity index (χ1n) is 7.85. The normalized spacial score (nSPS) is 13.0. The first-order chi connectivity index (χ1) is 11.7. The van der Waals surface area contributed by atoms with Gasteiger partial charge >= 0.3 is 6.03 Å². The number of para-hydroxylation sites is 2. The Morgan fingerprint density at radius 3 is 2.96 bits per heavy atom. The third-order valence-electron chi connectivity index (χ3n) is 3.43. The molecule has 5 nitrogen and oxygen atoms in total. The SMILES string of the molecule is C=CCOc1ccccc1NC(=O)NC1=C(C#CCOC)CCC1. The Morgan fingerprint density at radius 1 is 1.33 bits per heavy atom. The highest BCUT2D eigenvalue weighted by Gasteiger charge is 2.16. The Balaban J connectivity index is 2.02. The molecule has 1 aliphatic rings. The minimum atomic E-state index is -0.299. The van der Waals surface area contributed by atoms with Crippen LogP contribution in [0.15, 0.2) is 48.2 Å². The molecule has 1 aromatic rings. The molecule has 0 aliphatic heterocycles. The van der Waals surface area contributed by atoms with Gasteiger partial charge in [-0.3, -0.25) is 0 Å². The third-order valence-corrected chi connectivity index (χ3v) is 3.43. The molecule has 2 N–H and O–H groups in total. The average Bonchev–Trinajstić information content (AvgIpc) is 3.01. The highest BCUT2D eigenvalue weighted by molar-refractivity contribution is 5.92. The van der Waals surface area contributed by atoms with Crippen molar-refractivity contribution < 1.29 is 14.3 Å². The van der Waals surface area contributed by atoms with Gasteiger partial charge in [-0.15, -0.1) is 0 Å². The van der Waals surface area contributed by atoms with Crippen LogP contribution in [-0.2, 0) is 4.74 Å². The van der Waals surface area contributed by atoms with Crippen LogP contribution in [0.3, 0.4) is 0 Å². The van der Waals surface area contributed by atoms with Gasteiger partial charge in [-0.2, -0.15) is 0 Å². The summed E-state index contributed by atoms with van der Waals surface area (Å²) in [6, 6.07) is 6.99. The van der Waals surface area contributed by atoms with E-state index in [1.165, 1.54) is 0 Å². The van der Waals surface area contributed by atoms with E-state index in [0.717, 1.165) is 30.5 Å². The molecule has 0 saturated carbocycles. The number of urea groups is 1. The number of rotatable bonds is 6. The van der Waals surface area contributed by atoms with E-state index < -0.39 is 0 Å². The number of nitrogens with one attached hydrogen (secondary N) is 2. The van der Waals surface area contributed by atoms with E-state index in [1.807, 2.05) is 12.1 Å². The number of methoxy groups -OCH3 is 1. The van der Waals surface area contributed by atoms with Crippen LogP contribution < -0.4 is 15.4 Å². The Labute approximate surface area is 142 Å². The third kappa shape index (κ3) is 5.18. The number of carbonyl (C=O) groups excluding carboxylic acids is 1. The Morgan fingerprint density at radius 2 is 2.17 bits per heavy atom. The van der Waals surface area contributed by atoms with E-state index in [4.69, 9.17) is 9.47 Å². The summed E-state index contributed by atoms with van der Waals surface area (Å²) in [5.41, 5.74) is 2.46. The van der Waals surface area contributed by atoms with Crippen molar-refractivity contribution >= 4 is 11.7 Å². The molecular formula is C19H22N2O3. The van der Waals surface area contributed by atoms with Gasteiger partial charge in [0.2, 0.25) is 0 Å². The van der Waals surface area contributed by atoms with Crippen molar-refractivity contribution in [3.8, 4) is 17.6 Å². The Hall–Kier alpha value is -2.71. The number of allylic oxidation sites excluding steroid dienone is 2. The summed E-state index contributed by atoms with van der Waals surface area (Å²) in [4.78, 5) is 12.3. The van der Waals surface area contributed by atoms with Gasteiger partial charge < -0.3 is 20.1 Å². The predicted octanol–water partition coefficient (Wildman–Crippen LogP) is 3.46. The summed E-state index contributed by atoms with van der Waals surface area (Å²) in [5.74, 6) is 6.60. The summed E-state index contributed by atoms with van der Waals surface area (Å²) in [6.07, 6.45) is 4.35. The highest BCUT2D eigenvalue weighted by Crippen LogP contribution is 2.25.